The summed E-state index contributed by atoms with van der Waals surface area (Å²) in [6.45, 7) is -0.422. The maximum atomic E-state index is 10.1. The van der Waals surface area contributed by atoms with Gasteiger partial charge < -0.3 is 25.8 Å². The van der Waals surface area contributed by atoms with Crippen molar-refractivity contribution in [1.29, 1.82) is 0 Å². The highest BCUT2D eigenvalue weighted by atomic mass is 16.6. The van der Waals surface area contributed by atoms with Gasteiger partial charge in [0.15, 0.2) is 23.2 Å². The number of nitrogens with two attached hydrogens (primary N) is 1. The number of anilines is 2. The van der Waals surface area contributed by atoms with Gasteiger partial charge >= 0.3 is 0 Å². The van der Waals surface area contributed by atoms with Crippen LogP contribution in [0.1, 0.15) is 6.23 Å². The van der Waals surface area contributed by atoms with Crippen LogP contribution in [0.25, 0.3) is 11.2 Å². The largest absolute Gasteiger partial charge is 0.394 e. The Labute approximate surface area is 124 Å². The molecule has 1 aliphatic heterocycles. The van der Waals surface area contributed by atoms with Crippen LogP contribution < -0.4 is 11.2 Å². The molecule has 3 rings (SSSR count). The molecule has 0 spiro atoms. The topological polar surface area (TPSA) is 161 Å². The first-order valence-electron chi connectivity index (χ1n) is 6.48. The van der Waals surface area contributed by atoms with Gasteiger partial charge in [-0.25, -0.2) is 10.5 Å². The third kappa shape index (κ3) is 2.24. The molecule has 1 aliphatic rings. The monoisotopic (exact) mass is 314 g/mol. The second kappa shape index (κ2) is 5.62. The lowest BCUT2D eigenvalue weighted by Gasteiger charge is -2.16. The molecule has 1 fully saturated rings. The van der Waals surface area contributed by atoms with E-state index >= 15 is 0 Å². The molecule has 0 amide bonds. The van der Waals surface area contributed by atoms with Crippen LogP contribution in [-0.4, -0.2) is 66.9 Å². The van der Waals surface area contributed by atoms with Crippen molar-refractivity contribution in [2.24, 2.45) is 0 Å². The van der Waals surface area contributed by atoms with E-state index in [1.54, 1.807) is 0 Å². The molecule has 0 aromatic carbocycles. The number of aromatic nitrogens is 4. The molecular weight excluding hydrogens is 298 g/mol. The lowest BCUT2D eigenvalue weighted by molar-refractivity contribution is -0.0511. The molecule has 0 aliphatic carbocycles. The summed E-state index contributed by atoms with van der Waals surface area (Å²) in [7, 11) is 1.41. The quantitative estimate of drug-likeness (QED) is 0.315. The molecule has 0 saturated carbocycles. The van der Waals surface area contributed by atoms with Gasteiger partial charge in [-0.1, -0.05) is 0 Å². The normalized spacial score (nSPS) is 28.4. The molecule has 6 N–H and O–H groups in total. The van der Waals surface area contributed by atoms with Crippen LogP contribution in [0.5, 0.6) is 0 Å². The van der Waals surface area contributed by atoms with Crippen molar-refractivity contribution in [2.45, 2.75) is 24.5 Å². The fourth-order valence-corrected chi connectivity index (χ4v) is 2.40. The Morgan fingerprint density at radius 2 is 2.18 bits per heavy atom. The highest BCUT2D eigenvalue weighted by Gasteiger charge is 2.44. The summed E-state index contributed by atoms with van der Waals surface area (Å²) in [5.41, 5.74) is 8.83. The summed E-state index contributed by atoms with van der Waals surface area (Å²) in [5, 5.41) is 29.1. The van der Waals surface area contributed by atoms with Gasteiger partial charge in [0.1, 0.15) is 18.3 Å². The number of hydrogen-bond acceptors (Lipinski definition) is 10. The Bertz CT molecular complexity index is 678. The second-order valence-corrected chi connectivity index (χ2v) is 4.79. The lowest BCUT2D eigenvalue weighted by atomic mass is 10.1. The SMILES string of the molecule is CONc1[15n]c([15NH2])nc2c1ncn2[C@@H]1O[C@H](CO)[C@@H](O)[C@H]1O. The lowest BCUT2D eigenvalue weighted by Crippen LogP contribution is -2.33. The number of nitrogens with one attached hydrogen (secondary N) is 1. The predicted molar refractivity (Wildman–Crippen MR) is 73.4 cm³/mol. The van der Waals surface area contributed by atoms with Gasteiger partial charge in [-0.15, -0.1) is 0 Å². The van der Waals surface area contributed by atoms with E-state index in [4.69, 9.17) is 20.4 Å². The van der Waals surface area contributed by atoms with Gasteiger partial charge in [0.2, 0.25) is 5.95 Å². The summed E-state index contributed by atoms with van der Waals surface area (Å²) >= 11 is 0. The molecule has 11 nitrogen and oxygen atoms in total. The second-order valence-electron chi connectivity index (χ2n) is 4.79. The van der Waals surface area contributed by atoms with Crippen LogP contribution in [0.3, 0.4) is 0 Å². The molecule has 22 heavy (non-hydrogen) atoms. The Morgan fingerprint density at radius 3 is 2.82 bits per heavy atom. The van der Waals surface area contributed by atoms with E-state index in [2.05, 4.69) is 20.4 Å². The first-order chi connectivity index (χ1) is 10.6. The van der Waals surface area contributed by atoms with Crippen LogP contribution >= 0.6 is 0 Å². The molecule has 4 atom stereocenters. The van der Waals surface area contributed by atoms with Gasteiger partial charge in [0.25, 0.3) is 0 Å². The van der Waals surface area contributed by atoms with Crippen molar-refractivity contribution in [3.8, 4) is 0 Å². The van der Waals surface area contributed by atoms with Gasteiger partial charge in [0.05, 0.1) is 20.0 Å². The number of ether oxygens (including phenoxy) is 1. The summed E-state index contributed by atoms with van der Waals surface area (Å²) in [6.07, 6.45) is -2.94. The van der Waals surface area contributed by atoms with Crippen molar-refractivity contribution in [3.63, 3.8) is 0 Å². The average Bonchev–Trinajstić information content (AvgIpc) is 3.02. The smallest absolute Gasteiger partial charge is 0.224 e. The highest BCUT2D eigenvalue weighted by Crippen LogP contribution is 2.32. The van der Waals surface area contributed by atoms with Crippen molar-refractivity contribution < 1.29 is 24.9 Å². The number of hydrogen-bond donors (Lipinski definition) is 5. The molecule has 0 bridgehead atoms. The number of fused-ring (bicyclic) bond motifs is 1. The fourth-order valence-electron chi connectivity index (χ4n) is 2.40. The number of nitrogens with zero attached hydrogens (tertiary/aromatic N) is 4. The fraction of sp³-hybridized carbons (Fsp3) is 0.545. The highest BCUT2D eigenvalue weighted by molar-refractivity contribution is 5.83. The molecule has 0 unspecified atom stereocenters. The minimum absolute atomic E-state index is 0.0273. The van der Waals surface area contributed by atoms with Crippen LogP contribution in [0, 0.1) is 0 Å². The van der Waals surface area contributed by atoms with Gasteiger partial charge in [-0.3, -0.25) is 9.40 Å². The Kier molecular flexibility index (Phi) is 3.80. The van der Waals surface area contributed by atoms with E-state index in [1.165, 1.54) is 18.0 Å². The van der Waals surface area contributed by atoms with Gasteiger partial charge in [-0.05, 0) is 0 Å². The first kappa shape index (κ1) is 14.9. The summed E-state index contributed by atoms with van der Waals surface area (Å²) in [4.78, 5) is 17.0. The van der Waals surface area contributed by atoms with E-state index in [9.17, 15) is 10.2 Å². The maximum Gasteiger partial charge on any atom is 0.224 e. The number of aliphatic hydroxyl groups is 3. The van der Waals surface area contributed by atoms with Gasteiger partial charge in [-0.2, -0.15) is 9.97 Å². The van der Waals surface area contributed by atoms with E-state index in [0.29, 0.717) is 11.2 Å². The molecule has 11 heteroatoms. The molecule has 0 radical (unpaired) electrons. The van der Waals surface area contributed by atoms with Crippen molar-refractivity contribution in [2.75, 3.05) is 24.9 Å². The number of nitrogen functional groups attached to an aromatic ring is 1. The van der Waals surface area contributed by atoms with Crippen molar-refractivity contribution in [3.05, 3.63) is 6.33 Å². The molecular formula is C11H16N6O5. The Balaban J connectivity index is 2.05. The van der Waals surface area contributed by atoms with Crippen LogP contribution in [0.4, 0.5) is 11.8 Å². The van der Waals surface area contributed by atoms with E-state index in [0.717, 1.165) is 0 Å². The Hall–Kier alpha value is -2.05. The first-order valence-corrected chi connectivity index (χ1v) is 6.48. The molecule has 2 aromatic heterocycles. The van der Waals surface area contributed by atoms with E-state index in [1.807, 2.05) is 0 Å². The third-order valence-corrected chi connectivity index (χ3v) is 3.43. The third-order valence-electron chi connectivity index (χ3n) is 3.43. The van der Waals surface area contributed by atoms with Crippen LogP contribution in [0.15, 0.2) is 6.33 Å². The van der Waals surface area contributed by atoms with E-state index in [-0.39, 0.29) is 11.8 Å². The van der Waals surface area contributed by atoms with Crippen molar-refractivity contribution >= 4 is 22.9 Å². The number of aliphatic hydroxyl groups excluding tert-OH is 3. The summed E-state index contributed by atoms with van der Waals surface area (Å²) in [5.74, 6) is 0.232. The average molecular weight is 314 g/mol. The zero-order chi connectivity index (χ0) is 15.9. The molecule has 2 aromatic rings. The summed E-state index contributed by atoms with van der Waals surface area (Å²) in [6, 6.07) is 0. The predicted octanol–water partition coefficient (Wildman–Crippen LogP) is -2.01. The maximum absolute atomic E-state index is 10.1. The van der Waals surface area contributed by atoms with Gasteiger partial charge in [0, 0.05) is 0 Å². The molecule has 1 saturated heterocycles. The Morgan fingerprint density at radius 1 is 1.41 bits per heavy atom. The van der Waals surface area contributed by atoms with E-state index < -0.39 is 31.1 Å². The number of rotatable bonds is 4. The zero-order valence-electron chi connectivity index (χ0n) is 11.6. The molecule has 3 heterocycles. The molecule has 120 valence electrons. The zero-order valence-corrected chi connectivity index (χ0v) is 11.6. The summed E-state index contributed by atoms with van der Waals surface area (Å²) < 4.78 is 6.86. The minimum Gasteiger partial charge on any atom is -0.394 e. The minimum atomic E-state index is -1.25. The van der Waals surface area contributed by atoms with Crippen LogP contribution in [0.2, 0.25) is 0 Å². The van der Waals surface area contributed by atoms with Crippen molar-refractivity contribution in [1.82, 2.24) is 19.5 Å². The standard InChI is InChI=1S/C11H16N6O5/c1-21-16-8-5-9(15-11(12)14-8)17(3-13-5)10-7(20)6(19)4(2-18)22-10/h3-4,6-7,10,18-20H,2H2,1H3,(H3,12,14,15,16)/t4-,6-,7-,10-/m1/s1/i12+1,14+1. The number of imidazole rings is 1. The van der Waals surface area contributed by atoms with Crippen LogP contribution in [-0.2, 0) is 9.57 Å².